The Kier molecular flexibility index (Phi) is 5.60. The minimum absolute atomic E-state index is 0.108. The number of amides is 1. The molecule has 21 heavy (non-hydrogen) atoms. The summed E-state index contributed by atoms with van der Waals surface area (Å²) in [5.74, 6) is 0.274. The number of hydrogen-bond donors (Lipinski definition) is 1. The zero-order valence-corrected chi connectivity index (χ0v) is 12.4. The van der Waals surface area contributed by atoms with Gasteiger partial charge in [-0.05, 0) is 29.8 Å². The van der Waals surface area contributed by atoms with Gasteiger partial charge in [-0.15, -0.1) is 0 Å². The Morgan fingerprint density at radius 1 is 1.14 bits per heavy atom. The number of carbonyl (C=O) groups is 1. The number of ether oxygens (including phenoxy) is 1. The Morgan fingerprint density at radius 2 is 1.90 bits per heavy atom. The molecule has 0 aromatic heterocycles. The molecular formula is C15H12Cl2N2O2. The summed E-state index contributed by atoms with van der Waals surface area (Å²) in [6.45, 7) is -0.108. The van der Waals surface area contributed by atoms with Crippen LogP contribution in [-0.2, 0) is 4.79 Å². The van der Waals surface area contributed by atoms with Gasteiger partial charge in [0.05, 0.1) is 16.3 Å². The highest BCUT2D eigenvalue weighted by Gasteiger charge is 2.01. The lowest BCUT2D eigenvalue weighted by Gasteiger charge is -2.04. The van der Waals surface area contributed by atoms with Crippen molar-refractivity contribution in [1.29, 1.82) is 0 Å². The van der Waals surface area contributed by atoms with Gasteiger partial charge in [0.1, 0.15) is 5.75 Å². The number of nitrogens with one attached hydrogen (secondary N) is 1. The standard InChI is InChI=1S/C15H12Cl2N2O2/c16-13-7-6-11(8-14(13)17)9-18-19-15(20)10-21-12-4-2-1-3-5-12/h1-9H,10H2,(H,19,20)/b18-9-. The van der Waals surface area contributed by atoms with E-state index in [1.54, 1.807) is 30.3 Å². The number of para-hydroxylation sites is 1. The van der Waals surface area contributed by atoms with Crippen LogP contribution in [0.4, 0.5) is 0 Å². The van der Waals surface area contributed by atoms with Crippen LogP contribution < -0.4 is 10.2 Å². The smallest absolute Gasteiger partial charge is 0.277 e. The average molecular weight is 323 g/mol. The van der Waals surface area contributed by atoms with Crippen molar-refractivity contribution in [1.82, 2.24) is 5.43 Å². The van der Waals surface area contributed by atoms with Crippen LogP contribution in [0.3, 0.4) is 0 Å². The van der Waals surface area contributed by atoms with Crippen LogP contribution in [-0.4, -0.2) is 18.7 Å². The third-order valence-corrected chi connectivity index (χ3v) is 3.20. The number of rotatable bonds is 5. The number of hydrogen-bond acceptors (Lipinski definition) is 3. The molecule has 0 aliphatic rings. The lowest BCUT2D eigenvalue weighted by atomic mass is 10.2. The Bertz CT molecular complexity index is 645. The average Bonchev–Trinajstić information content (AvgIpc) is 2.50. The molecule has 0 radical (unpaired) electrons. The SMILES string of the molecule is O=C(COc1ccccc1)N/N=C\c1ccc(Cl)c(Cl)c1. The van der Waals surface area contributed by atoms with Crippen molar-refractivity contribution in [3.8, 4) is 5.75 Å². The molecule has 2 rings (SSSR count). The van der Waals surface area contributed by atoms with E-state index in [0.29, 0.717) is 15.8 Å². The van der Waals surface area contributed by atoms with Crippen LogP contribution in [0.15, 0.2) is 53.6 Å². The normalized spacial score (nSPS) is 10.6. The topological polar surface area (TPSA) is 50.7 Å². The summed E-state index contributed by atoms with van der Waals surface area (Å²) in [7, 11) is 0. The maximum atomic E-state index is 11.5. The van der Waals surface area contributed by atoms with Gasteiger partial charge >= 0.3 is 0 Å². The predicted molar refractivity (Wildman–Crippen MR) is 84.1 cm³/mol. The molecule has 2 aromatic rings. The van der Waals surface area contributed by atoms with Gasteiger partial charge in [0.2, 0.25) is 0 Å². The fourth-order valence-corrected chi connectivity index (χ4v) is 1.78. The molecule has 6 heteroatoms. The van der Waals surface area contributed by atoms with Crippen molar-refractivity contribution in [2.24, 2.45) is 5.10 Å². The van der Waals surface area contributed by atoms with Crippen LogP contribution >= 0.6 is 23.2 Å². The van der Waals surface area contributed by atoms with E-state index >= 15 is 0 Å². The van der Waals surface area contributed by atoms with Crippen LogP contribution in [0.5, 0.6) is 5.75 Å². The van der Waals surface area contributed by atoms with E-state index in [1.807, 2.05) is 18.2 Å². The largest absolute Gasteiger partial charge is 0.484 e. The monoisotopic (exact) mass is 322 g/mol. The molecule has 0 atom stereocenters. The van der Waals surface area contributed by atoms with E-state index in [1.165, 1.54) is 6.21 Å². The Hall–Kier alpha value is -2.04. The van der Waals surface area contributed by atoms with Crippen molar-refractivity contribution >= 4 is 35.3 Å². The van der Waals surface area contributed by atoms with E-state index in [9.17, 15) is 4.79 Å². The van der Waals surface area contributed by atoms with Crippen LogP contribution in [0.1, 0.15) is 5.56 Å². The first kappa shape index (κ1) is 15.4. The van der Waals surface area contributed by atoms with E-state index < -0.39 is 0 Å². The number of hydrazone groups is 1. The maximum Gasteiger partial charge on any atom is 0.277 e. The molecule has 0 saturated heterocycles. The second-order valence-electron chi connectivity index (χ2n) is 4.07. The van der Waals surface area contributed by atoms with Crippen LogP contribution in [0.2, 0.25) is 10.0 Å². The van der Waals surface area contributed by atoms with E-state index in [4.69, 9.17) is 27.9 Å². The van der Waals surface area contributed by atoms with Gasteiger partial charge in [-0.1, -0.05) is 47.5 Å². The quantitative estimate of drug-likeness (QED) is 0.676. The summed E-state index contributed by atoms with van der Waals surface area (Å²) in [6, 6.07) is 14.1. The lowest BCUT2D eigenvalue weighted by molar-refractivity contribution is -0.123. The summed E-state index contributed by atoms with van der Waals surface area (Å²) in [6.07, 6.45) is 1.47. The number of benzene rings is 2. The molecule has 0 spiro atoms. The van der Waals surface area contributed by atoms with E-state index in [-0.39, 0.29) is 12.5 Å². The molecule has 108 valence electrons. The number of nitrogens with zero attached hydrogens (tertiary/aromatic N) is 1. The highest BCUT2D eigenvalue weighted by Crippen LogP contribution is 2.21. The van der Waals surface area contributed by atoms with Gasteiger partial charge in [-0.25, -0.2) is 5.43 Å². The first-order chi connectivity index (χ1) is 10.1. The van der Waals surface area contributed by atoms with Gasteiger partial charge in [-0.3, -0.25) is 4.79 Å². The van der Waals surface area contributed by atoms with E-state index in [0.717, 1.165) is 5.56 Å². The second kappa shape index (κ2) is 7.67. The minimum atomic E-state index is -0.352. The van der Waals surface area contributed by atoms with Crippen molar-refractivity contribution in [2.45, 2.75) is 0 Å². The zero-order chi connectivity index (χ0) is 15.1. The van der Waals surface area contributed by atoms with Crippen molar-refractivity contribution < 1.29 is 9.53 Å². The van der Waals surface area contributed by atoms with Gasteiger partial charge in [0.15, 0.2) is 6.61 Å². The molecule has 0 fully saturated rings. The predicted octanol–water partition coefficient (Wildman–Crippen LogP) is 3.52. The molecular weight excluding hydrogens is 311 g/mol. The molecule has 0 saturated carbocycles. The maximum absolute atomic E-state index is 11.5. The molecule has 4 nitrogen and oxygen atoms in total. The van der Waals surface area contributed by atoms with Crippen LogP contribution in [0, 0.1) is 0 Å². The fraction of sp³-hybridized carbons (Fsp3) is 0.0667. The van der Waals surface area contributed by atoms with Gasteiger partial charge in [0.25, 0.3) is 5.91 Å². The lowest BCUT2D eigenvalue weighted by Crippen LogP contribution is -2.24. The molecule has 0 bridgehead atoms. The highest BCUT2D eigenvalue weighted by atomic mass is 35.5. The van der Waals surface area contributed by atoms with Crippen molar-refractivity contribution in [3.05, 3.63) is 64.1 Å². The van der Waals surface area contributed by atoms with Gasteiger partial charge < -0.3 is 4.74 Å². The third-order valence-electron chi connectivity index (χ3n) is 2.46. The molecule has 0 aliphatic carbocycles. The molecule has 1 N–H and O–H groups in total. The molecule has 0 heterocycles. The molecule has 0 unspecified atom stereocenters. The summed E-state index contributed by atoms with van der Waals surface area (Å²) in [4.78, 5) is 11.5. The zero-order valence-electron chi connectivity index (χ0n) is 10.9. The number of halogens is 2. The molecule has 2 aromatic carbocycles. The fourth-order valence-electron chi connectivity index (χ4n) is 1.47. The second-order valence-corrected chi connectivity index (χ2v) is 4.88. The molecule has 1 amide bonds. The summed E-state index contributed by atoms with van der Waals surface area (Å²) >= 11 is 11.7. The van der Waals surface area contributed by atoms with Crippen molar-refractivity contribution in [2.75, 3.05) is 6.61 Å². The molecule has 0 aliphatic heterocycles. The Balaban J connectivity index is 1.80. The van der Waals surface area contributed by atoms with Gasteiger partial charge in [0, 0.05) is 0 Å². The summed E-state index contributed by atoms with van der Waals surface area (Å²) in [5, 5.41) is 4.72. The minimum Gasteiger partial charge on any atom is -0.484 e. The van der Waals surface area contributed by atoms with Crippen LogP contribution in [0.25, 0.3) is 0 Å². The highest BCUT2D eigenvalue weighted by molar-refractivity contribution is 6.42. The number of carbonyl (C=O) groups excluding carboxylic acids is 1. The third kappa shape index (κ3) is 5.10. The first-order valence-corrected chi connectivity index (χ1v) is 6.85. The first-order valence-electron chi connectivity index (χ1n) is 6.10. The Morgan fingerprint density at radius 3 is 2.62 bits per heavy atom. The van der Waals surface area contributed by atoms with Crippen molar-refractivity contribution in [3.63, 3.8) is 0 Å². The summed E-state index contributed by atoms with van der Waals surface area (Å²) in [5.41, 5.74) is 3.10. The Labute approximate surface area is 132 Å². The summed E-state index contributed by atoms with van der Waals surface area (Å²) < 4.78 is 5.28. The van der Waals surface area contributed by atoms with E-state index in [2.05, 4.69) is 10.5 Å². The van der Waals surface area contributed by atoms with Gasteiger partial charge in [-0.2, -0.15) is 5.10 Å².